The molecule has 0 aliphatic carbocycles. The summed E-state index contributed by atoms with van der Waals surface area (Å²) in [6.07, 6.45) is 7.08. The highest BCUT2D eigenvalue weighted by Gasteiger charge is 2.16. The van der Waals surface area contributed by atoms with Crippen molar-refractivity contribution in [3.05, 3.63) is 23.8 Å². The first-order valence-electron chi connectivity index (χ1n) is 7.11. The minimum atomic E-state index is -0.375. The van der Waals surface area contributed by atoms with Crippen molar-refractivity contribution >= 4 is 5.97 Å². The Labute approximate surface area is 126 Å². The summed E-state index contributed by atoms with van der Waals surface area (Å²) in [7, 11) is 1.54. The van der Waals surface area contributed by atoms with E-state index in [9.17, 15) is 4.79 Å². The van der Waals surface area contributed by atoms with E-state index in [4.69, 9.17) is 20.6 Å². The molecule has 1 atom stereocenters. The van der Waals surface area contributed by atoms with Crippen molar-refractivity contribution in [3.63, 3.8) is 0 Å². The number of terminal acetylenes is 1. The Balaban J connectivity index is 2.80. The summed E-state index contributed by atoms with van der Waals surface area (Å²) in [6.45, 7) is 4.39. The quantitative estimate of drug-likeness (QED) is 0.543. The number of esters is 1. The number of benzene rings is 1. The molecule has 0 fully saturated rings. The van der Waals surface area contributed by atoms with E-state index >= 15 is 0 Å². The van der Waals surface area contributed by atoms with Gasteiger partial charge in [0.05, 0.1) is 19.3 Å². The molecule has 1 aromatic rings. The summed E-state index contributed by atoms with van der Waals surface area (Å²) in [6, 6.07) is 5.01. The van der Waals surface area contributed by atoms with Crippen molar-refractivity contribution in [2.45, 2.75) is 39.2 Å². The fourth-order valence-corrected chi connectivity index (χ4v) is 1.88. The molecule has 0 amide bonds. The summed E-state index contributed by atoms with van der Waals surface area (Å²) >= 11 is 0. The van der Waals surface area contributed by atoms with Crippen molar-refractivity contribution in [3.8, 4) is 23.8 Å². The van der Waals surface area contributed by atoms with Crippen LogP contribution < -0.4 is 9.47 Å². The fourth-order valence-electron chi connectivity index (χ4n) is 1.88. The van der Waals surface area contributed by atoms with Crippen LogP contribution in [0.25, 0.3) is 0 Å². The zero-order valence-electron chi connectivity index (χ0n) is 12.8. The van der Waals surface area contributed by atoms with E-state index in [0.717, 1.165) is 6.42 Å². The molecule has 0 aliphatic heterocycles. The first-order chi connectivity index (χ1) is 10.2. The minimum Gasteiger partial charge on any atom is -0.493 e. The van der Waals surface area contributed by atoms with E-state index < -0.39 is 0 Å². The number of carbonyl (C=O) groups excluding carboxylic acids is 1. The smallest absolute Gasteiger partial charge is 0.338 e. The minimum absolute atomic E-state index is 0.161. The number of carbonyl (C=O) groups is 1. The van der Waals surface area contributed by atoms with Crippen LogP contribution in [0.3, 0.4) is 0 Å². The molecule has 0 spiro atoms. The maximum absolute atomic E-state index is 12.1. The highest BCUT2D eigenvalue weighted by atomic mass is 16.5. The van der Waals surface area contributed by atoms with Crippen LogP contribution in [-0.2, 0) is 4.74 Å². The molecule has 0 saturated carbocycles. The van der Waals surface area contributed by atoms with Crippen LogP contribution in [0, 0.1) is 12.3 Å². The van der Waals surface area contributed by atoms with Crippen molar-refractivity contribution in [1.82, 2.24) is 0 Å². The van der Waals surface area contributed by atoms with Gasteiger partial charge in [0.2, 0.25) is 0 Å². The van der Waals surface area contributed by atoms with Crippen LogP contribution in [0.4, 0.5) is 0 Å². The van der Waals surface area contributed by atoms with Gasteiger partial charge in [0.25, 0.3) is 0 Å². The van der Waals surface area contributed by atoms with Gasteiger partial charge in [0, 0.05) is 6.42 Å². The van der Waals surface area contributed by atoms with Crippen LogP contribution in [0.2, 0.25) is 0 Å². The third-order valence-corrected chi connectivity index (χ3v) is 3.04. The third-order valence-electron chi connectivity index (χ3n) is 3.04. The molecule has 0 radical (unpaired) electrons. The predicted molar refractivity (Wildman–Crippen MR) is 81.7 cm³/mol. The Bertz CT molecular complexity index is 502. The van der Waals surface area contributed by atoms with Crippen LogP contribution in [0.1, 0.15) is 43.5 Å². The molecule has 1 rings (SSSR count). The lowest BCUT2D eigenvalue weighted by molar-refractivity contribution is 0.0276. The number of rotatable bonds is 8. The van der Waals surface area contributed by atoms with Gasteiger partial charge in [-0.15, -0.1) is 12.3 Å². The van der Waals surface area contributed by atoms with Gasteiger partial charge in [-0.05, 0) is 38.0 Å². The van der Waals surface area contributed by atoms with Gasteiger partial charge in [-0.2, -0.15) is 0 Å². The Morgan fingerprint density at radius 3 is 2.67 bits per heavy atom. The molecule has 0 bridgehead atoms. The van der Waals surface area contributed by atoms with Crippen LogP contribution in [0.15, 0.2) is 18.2 Å². The van der Waals surface area contributed by atoms with E-state index in [1.165, 1.54) is 7.11 Å². The van der Waals surface area contributed by atoms with Crippen molar-refractivity contribution in [2.24, 2.45) is 0 Å². The Morgan fingerprint density at radius 2 is 2.10 bits per heavy atom. The molecule has 114 valence electrons. The predicted octanol–water partition coefficient (Wildman–Crippen LogP) is 3.44. The van der Waals surface area contributed by atoms with Gasteiger partial charge in [0.15, 0.2) is 11.5 Å². The second-order valence-corrected chi connectivity index (χ2v) is 4.48. The Morgan fingerprint density at radius 1 is 1.33 bits per heavy atom. The van der Waals surface area contributed by atoms with Gasteiger partial charge in [-0.3, -0.25) is 0 Å². The lowest BCUT2D eigenvalue weighted by Crippen LogP contribution is -2.17. The van der Waals surface area contributed by atoms with Crippen molar-refractivity contribution in [1.29, 1.82) is 0 Å². The normalized spacial score (nSPS) is 11.3. The number of hydrogen-bond donors (Lipinski definition) is 0. The maximum Gasteiger partial charge on any atom is 0.338 e. The first-order valence-corrected chi connectivity index (χ1v) is 7.11. The molecule has 0 saturated heterocycles. The summed E-state index contributed by atoms with van der Waals surface area (Å²) < 4.78 is 16.1. The average molecular weight is 290 g/mol. The third kappa shape index (κ3) is 5.03. The second-order valence-electron chi connectivity index (χ2n) is 4.48. The van der Waals surface area contributed by atoms with Gasteiger partial charge in [-0.1, -0.05) is 6.92 Å². The van der Waals surface area contributed by atoms with E-state index in [0.29, 0.717) is 36.5 Å². The number of ether oxygens (including phenoxy) is 3. The van der Waals surface area contributed by atoms with Crippen molar-refractivity contribution in [2.75, 3.05) is 13.7 Å². The van der Waals surface area contributed by atoms with Gasteiger partial charge < -0.3 is 14.2 Å². The lowest BCUT2D eigenvalue weighted by Gasteiger charge is -2.16. The Hall–Kier alpha value is -2.15. The van der Waals surface area contributed by atoms with E-state index in [1.807, 2.05) is 13.8 Å². The van der Waals surface area contributed by atoms with Crippen LogP contribution >= 0.6 is 0 Å². The molecule has 0 N–H and O–H groups in total. The largest absolute Gasteiger partial charge is 0.493 e. The summed E-state index contributed by atoms with van der Waals surface area (Å²) in [5, 5.41) is 0. The average Bonchev–Trinajstić information content (AvgIpc) is 2.51. The van der Waals surface area contributed by atoms with Crippen LogP contribution in [0.5, 0.6) is 11.5 Å². The molecule has 4 nitrogen and oxygen atoms in total. The molecule has 4 heteroatoms. The van der Waals surface area contributed by atoms with Gasteiger partial charge in [0.1, 0.15) is 6.10 Å². The molecule has 0 heterocycles. The molecule has 0 aromatic heterocycles. The van der Waals surface area contributed by atoms with Crippen molar-refractivity contribution < 1.29 is 19.0 Å². The van der Waals surface area contributed by atoms with Crippen LogP contribution in [-0.4, -0.2) is 25.8 Å². The second kappa shape index (κ2) is 8.91. The SMILES string of the molecule is C#CCCC(CC)OC(=O)c1ccc(OCC)c(OC)c1. The highest BCUT2D eigenvalue weighted by molar-refractivity contribution is 5.90. The monoisotopic (exact) mass is 290 g/mol. The van der Waals surface area contributed by atoms with Gasteiger partial charge in [-0.25, -0.2) is 4.79 Å². The molecule has 21 heavy (non-hydrogen) atoms. The van der Waals surface area contributed by atoms with Gasteiger partial charge >= 0.3 is 5.97 Å². The Kier molecular flexibility index (Phi) is 7.17. The number of hydrogen-bond acceptors (Lipinski definition) is 4. The summed E-state index contributed by atoms with van der Waals surface area (Å²) in [5.74, 6) is 3.31. The lowest BCUT2D eigenvalue weighted by atomic mass is 10.1. The highest BCUT2D eigenvalue weighted by Crippen LogP contribution is 2.28. The van der Waals surface area contributed by atoms with E-state index in [2.05, 4.69) is 5.92 Å². The zero-order chi connectivity index (χ0) is 15.7. The summed E-state index contributed by atoms with van der Waals surface area (Å²) in [4.78, 5) is 12.1. The molecular formula is C17H22O4. The zero-order valence-corrected chi connectivity index (χ0v) is 12.8. The standard InChI is InChI=1S/C17H22O4/c1-5-8-9-14(6-2)21-17(18)13-10-11-15(20-7-3)16(12-13)19-4/h1,10-12,14H,6-9H2,2-4H3. The van der Waals surface area contributed by atoms with E-state index in [-0.39, 0.29) is 12.1 Å². The first kappa shape index (κ1) is 16.9. The summed E-state index contributed by atoms with van der Waals surface area (Å²) in [5.41, 5.74) is 0.439. The molecular weight excluding hydrogens is 268 g/mol. The maximum atomic E-state index is 12.1. The topological polar surface area (TPSA) is 44.8 Å². The van der Waals surface area contributed by atoms with E-state index in [1.54, 1.807) is 18.2 Å². The molecule has 0 aliphatic rings. The fraction of sp³-hybridized carbons (Fsp3) is 0.471. The molecule has 1 aromatic carbocycles. The number of methoxy groups -OCH3 is 1. The molecule has 1 unspecified atom stereocenters.